The lowest BCUT2D eigenvalue weighted by molar-refractivity contribution is -0.181. The maximum absolute atomic E-state index is 11.7. The van der Waals surface area contributed by atoms with Gasteiger partial charge in [0.15, 0.2) is 5.54 Å². The molecule has 0 atom stereocenters. The molecule has 0 bridgehead atoms. The molecule has 0 saturated carbocycles. The molecule has 1 N–H and O–H groups in total. The topological polar surface area (TPSA) is 76.1 Å². The summed E-state index contributed by atoms with van der Waals surface area (Å²) in [6.45, 7) is 5.17. The van der Waals surface area contributed by atoms with E-state index in [4.69, 9.17) is 14.6 Å². The van der Waals surface area contributed by atoms with Crippen LogP contribution in [0.2, 0.25) is 0 Å². The molecule has 0 unspecified atom stereocenters. The molecule has 1 fully saturated rings. The molecule has 0 spiro atoms. The molecule has 1 aliphatic rings. The molecular weight excluding hydrogens is 214 g/mol. The zero-order valence-corrected chi connectivity index (χ0v) is 9.94. The SMILES string of the molecule is CN(C(=O)OC(C)(C)C)C1(C(=O)O)COC1. The monoisotopic (exact) mass is 231 g/mol. The maximum Gasteiger partial charge on any atom is 0.411 e. The van der Waals surface area contributed by atoms with Crippen molar-refractivity contribution in [1.29, 1.82) is 0 Å². The van der Waals surface area contributed by atoms with Gasteiger partial charge in [-0.05, 0) is 20.8 Å². The molecule has 0 aromatic rings. The second-order valence-corrected chi connectivity index (χ2v) is 4.87. The highest BCUT2D eigenvalue weighted by Crippen LogP contribution is 2.26. The normalized spacial score (nSPS) is 18.5. The van der Waals surface area contributed by atoms with Crippen molar-refractivity contribution in [3.05, 3.63) is 0 Å². The van der Waals surface area contributed by atoms with Gasteiger partial charge in [0.2, 0.25) is 0 Å². The van der Waals surface area contributed by atoms with Crippen LogP contribution in [0.4, 0.5) is 4.79 Å². The number of carboxylic acids is 1. The van der Waals surface area contributed by atoms with Gasteiger partial charge in [-0.1, -0.05) is 0 Å². The number of hydrogen-bond acceptors (Lipinski definition) is 4. The summed E-state index contributed by atoms with van der Waals surface area (Å²) in [6, 6.07) is 0. The summed E-state index contributed by atoms with van der Waals surface area (Å²) >= 11 is 0. The fourth-order valence-electron chi connectivity index (χ4n) is 1.26. The van der Waals surface area contributed by atoms with E-state index in [0.717, 1.165) is 4.90 Å². The van der Waals surface area contributed by atoms with E-state index < -0.39 is 23.2 Å². The van der Waals surface area contributed by atoms with Crippen LogP contribution in [0.3, 0.4) is 0 Å². The van der Waals surface area contributed by atoms with E-state index in [-0.39, 0.29) is 13.2 Å². The molecule has 0 radical (unpaired) electrons. The first-order valence-corrected chi connectivity index (χ1v) is 4.97. The number of likely N-dealkylation sites (N-methyl/N-ethyl adjacent to an activating group) is 1. The van der Waals surface area contributed by atoms with Gasteiger partial charge in [0.05, 0.1) is 13.2 Å². The summed E-state index contributed by atoms with van der Waals surface area (Å²) in [7, 11) is 1.41. The van der Waals surface area contributed by atoms with E-state index in [0.29, 0.717) is 0 Å². The van der Waals surface area contributed by atoms with Crippen molar-refractivity contribution < 1.29 is 24.2 Å². The fourth-order valence-corrected chi connectivity index (χ4v) is 1.26. The van der Waals surface area contributed by atoms with Crippen LogP contribution in [-0.4, -0.2) is 53.5 Å². The molecule has 16 heavy (non-hydrogen) atoms. The van der Waals surface area contributed by atoms with Gasteiger partial charge in [-0.15, -0.1) is 0 Å². The summed E-state index contributed by atoms with van der Waals surface area (Å²) in [6.07, 6.45) is -0.654. The Kier molecular flexibility index (Phi) is 3.14. The molecule has 0 aliphatic carbocycles. The van der Waals surface area contributed by atoms with Crippen molar-refractivity contribution in [2.75, 3.05) is 20.3 Å². The molecule has 92 valence electrons. The van der Waals surface area contributed by atoms with E-state index >= 15 is 0 Å². The Labute approximate surface area is 94.1 Å². The van der Waals surface area contributed by atoms with Gasteiger partial charge < -0.3 is 14.6 Å². The zero-order chi connectivity index (χ0) is 12.6. The quantitative estimate of drug-likeness (QED) is 0.757. The Balaban J connectivity index is 2.73. The molecular formula is C10H17NO5. The van der Waals surface area contributed by atoms with Crippen molar-refractivity contribution in [2.24, 2.45) is 0 Å². The molecule has 0 aromatic carbocycles. The Hall–Kier alpha value is -1.30. The van der Waals surface area contributed by atoms with Crippen LogP contribution in [0.5, 0.6) is 0 Å². The zero-order valence-electron chi connectivity index (χ0n) is 9.94. The van der Waals surface area contributed by atoms with Crippen LogP contribution in [-0.2, 0) is 14.3 Å². The van der Waals surface area contributed by atoms with Gasteiger partial charge in [0.25, 0.3) is 0 Å². The molecule has 1 rings (SSSR count). The number of carbonyl (C=O) groups excluding carboxylic acids is 1. The number of carboxylic acid groups (broad SMARTS) is 1. The number of carbonyl (C=O) groups is 2. The van der Waals surface area contributed by atoms with Crippen molar-refractivity contribution in [3.63, 3.8) is 0 Å². The smallest absolute Gasteiger partial charge is 0.411 e. The molecule has 1 aliphatic heterocycles. The van der Waals surface area contributed by atoms with Crippen LogP contribution in [0.25, 0.3) is 0 Å². The van der Waals surface area contributed by atoms with E-state index in [2.05, 4.69) is 0 Å². The molecule has 6 heteroatoms. The first-order chi connectivity index (χ1) is 7.19. The highest BCUT2D eigenvalue weighted by molar-refractivity contribution is 5.85. The van der Waals surface area contributed by atoms with Gasteiger partial charge in [-0.25, -0.2) is 9.59 Å². The Morgan fingerprint density at radius 3 is 2.12 bits per heavy atom. The maximum atomic E-state index is 11.7. The van der Waals surface area contributed by atoms with Crippen LogP contribution in [0, 0.1) is 0 Å². The number of aliphatic carboxylic acids is 1. The lowest BCUT2D eigenvalue weighted by atomic mass is 9.96. The summed E-state index contributed by atoms with van der Waals surface area (Å²) in [5, 5.41) is 9.07. The average Bonchev–Trinajstić information content (AvgIpc) is 1.97. The van der Waals surface area contributed by atoms with Gasteiger partial charge in [0.1, 0.15) is 5.60 Å². The predicted molar refractivity (Wildman–Crippen MR) is 55.2 cm³/mol. The van der Waals surface area contributed by atoms with Crippen LogP contribution in [0.1, 0.15) is 20.8 Å². The summed E-state index contributed by atoms with van der Waals surface area (Å²) < 4.78 is 9.97. The third-order valence-electron chi connectivity index (χ3n) is 2.39. The fraction of sp³-hybridized carbons (Fsp3) is 0.800. The van der Waals surface area contributed by atoms with Crippen molar-refractivity contribution in [1.82, 2.24) is 4.90 Å². The van der Waals surface area contributed by atoms with Crippen LogP contribution >= 0.6 is 0 Å². The minimum atomic E-state index is -1.28. The number of nitrogens with zero attached hydrogens (tertiary/aromatic N) is 1. The van der Waals surface area contributed by atoms with Crippen molar-refractivity contribution in [2.45, 2.75) is 31.9 Å². The third-order valence-corrected chi connectivity index (χ3v) is 2.39. The highest BCUT2D eigenvalue weighted by Gasteiger charge is 2.52. The van der Waals surface area contributed by atoms with Gasteiger partial charge in [-0.3, -0.25) is 4.90 Å². The number of hydrogen-bond donors (Lipinski definition) is 1. The van der Waals surface area contributed by atoms with Gasteiger partial charge in [0, 0.05) is 7.05 Å². The largest absolute Gasteiger partial charge is 0.479 e. The van der Waals surface area contributed by atoms with Crippen LogP contribution < -0.4 is 0 Å². The second kappa shape index (κ2) is 3.93. The molecule has 1 saturated heterocycles. The van der Waals surface area contributed by atoms with Gasteiger partial charge in [-0.2, -0.15) is 0 Å². The standard InChI is InChI=1S/C10H17NO5/c1-9(2,3)16-8(14)11(4)10(7(12)13)5-15-6-10/h5-6H2,1-4H3,(H,12,13). The molecule has 1 heterocycles. The number of amides is 1. The summed E-state index contributed by atoms with van der Waals surface area (Å²) in [5.41, 5.74) is -1.92. The third kappa shape index (κ3) is 2.27. The summed E-state index contributed by atoms with van der Waals surface area (Å²) in [5.74, 6) is -1.08. The first kappa shape index (κ1) is 12.8. The second-order valence-electron chi connectivity index (χ2n) is 4.87. The van der Waals surface area contributed by atoms with E-state index in [1.807, 2.05) is 0 Å². The van der Waals surface area contributed by atoms with Crippen molar-refractivity contribution >= 4 is 12.1 Å². The average molecular weight is 231 g/mol. The van der Waals surface area contributed by atoms with Crippen LogP contribution in [0.15, 0.2) is 0 Å². The first-order valence-electron chi connectivity index (χ1n) is 4.97. The minimum Gasteiger partial charge on any atom is -0.479 e. The van der Waals surface area contributed by atoms with E-state index in [9.17, 15) is 9.59 Å². The lowest BCUT2D eigenvalue weighted by Crippen LogP contribution is -2.67. The van der Waals surface area contributed by atoms with Crippen molar-refractivity contribution in [3.8, 4) is 0 Å². The Bertz CT molecular complexity index is 303. The van der Waals surface area contributed by atoms with E-state index in [1.54, 1.807) is 20.8 Å². The molecule has 1 amide bonds. The number of rotatable bonds is 2. The summed E-state index contributed by atoms with van der Waals surface area (Å²) in [4.78, 5) is 23.9. The Morgan fingerprint density at radius 2 is 1.88 bits per heavy atom. The highest BCUT2D eigenvalue weighted by atomic mass is 16.6. The van der Waals surface area contributed by atoms with Gasteiger partial charge >= 0.3 is 12.1 Å². The van der Waals surface area contributed by atoms with E-state index in [1.165, 1.54) is 7.05 Å². The molecule has 0 aromatic heterocycles. The Morgan fingerprint density at radius 1 is 1.38 bits per heavy atom. The molecule has 6 nitrogen and oxygen atoms in total. The predicted octanol–water partition coefficient (Wildman–Crippen LogP) is 0.707. The number of ether oxygens (including phenoxy) is 2. The lowest BCUT2D eigenvalue weighted by Gasteiger charge is -2.44. The minimum absolute atomic E-state index is 0.00191.